The van der Waals surface area contributed by atoms with Gasteiger partial charge in [0.05, 0.1) is 16.8 Å². The number of carbonyl (C=O) groups excluding carboxylic acids is 1. The lowest BCUT2D eigenvalue weighted by atomic mass is 9.89. The maximum absolute atomic E-state index is 12.9. The summed E-state index contributed by atoms with van der Waals surface area (Å²) in [5.74, 6) is -2.74. The third-order valence-corrected chi connectivity index (χ3v) is 7.66. The SMILES string of the molecule is CCCC1(C2OC(=O)c3ccccc32)NC(C(C)(C)O)=C(C(=O)O)N1Cc1ccc(-c2ccccc2C(=O)O)cc1. The van der Waals surface area contributed by atoms with Crippen molar-refractivity contribution in [2.75, 3.05) is 0 Å². The number of aliphatic carboxylic acids is 1. The minimum Gasteiger partial charge on any atom is -0.478 e. The molecular weight excluding hydrogens is 524 g/mol. The first-order chi connectivity index (χ1) is 19.5. The lowest BCUT2D eigenvalue weighted by Gasteiger charge is -2.44. The van der Waals surface area contributed by atoms with E-state index >= 15 is 0 Å². The molecular formula is C32H32N2O7. The number of ether oxygens (including phenoxy) is 1. The molecule has 0 aromatic heterocycles. The Kier molecular flexibility index (Phi) is 7.08. The van der Waals surface area contributed by atoms with Gasteiger partial charge in [-0.05, 0) is 49.1 Å². The van der Waals surface area contributed by atoms with Crippen LogP contribution in [0.3, 0.4) is 0 Å². The highest BCUT2D eigenvalue weighted by Gasteiger charge is 2.58. The molecule has 3 aromatic rings. The van der Waals surface area contributed by atoms with E-state index in [1.807, 2.05) is 25.1 Å². The van der Waals surface area contributed by atoms with Crippen molar-refractivity contribution in [3.05, 3.63) is 106 Å². The molecule has 2 atom stereocenters. The molecule has 0 amide bonds. The molecule has 0 bridgehead atoms. The highest BCUT2D eigenvalue weighted by Crippen LogP contribution is 2.49. The van der Waals surface area contributed by atoms with Crippen molar-refractivity contribution in [1.82, 2.24) is 10.2 Å². The van der Waals surface area contributed by atoms with Gasteiger partial charge in [0.15, 0.2) is 11.8 Å². The number of hydrogen-bond acceptors (Lipinski definition) is 7. The lowest BCUT2D eigenvalue weighted by molar-refractivity contribution is -0.136. The second-order valence-corrected chi connectivity index (χ2v) is 10.9. The summed E-state index contributed by atoms with van der Waals surface area (Å²) in [4.78, 5) is 39.1. The molecule has 212 valence electrons. The van der Waals surface area contributed by atoms with Gasteiger partial charge in [-0.3, -0.25) is 0 Å². The number of cyclic esters (lactones) is 1. The number of nitrogens with one attached hydrogen (secondary N) is 1. The van der Waals surface area contributed by atoms with Crippen molar-refractivity contribution in [2.45, 2.75) is 57.5 Å². The Balaban J connectivity index is 1.62. The molecule has 0 aliphatic carbocycles. The van der Waals surface area contributed by atoms with Crippen LogP contribution in [-0.4, -0.2) is 49.4 Å². The zero-order valence-electron chi connectivity index (χ0n) is 23.0. The number of rotatable bonds is 9. The zero-order valence-corrected chi connectivity index (χ0v) is 23.0. The van der Waals surface area contributed by atoms with E-state index in [1.165, 1.54) is 13.8 Å². The number of nitrogens with zero attached hydrogens (tertiary/aromatic N) is 1. The van der Waals surface area contributed by atoms with E-state index in [1.54, 1.807) is 59.5 Å². The molecule has 0 saturated heterocycles. The Bertz CT molecular complexity index is 1550. The number of carbonyl (C=O) groups is 3. The van der Waals surface area contributed by atoms with Crippen molar-refractivity contribution in [2.24, 2.45) is 0 Å². The predicted octanol–water partition coefficient (Wildman–Crippen LogP) is 4.93. The Morgan fingerprint density at radius 2 is 1.59 bits per heavy atom. The van der Waals surface area contributed by atoms with Gasteiger partial charge in [-0.15, -0.1) is 0 Å². The second kappa shape index (κ2) is 10.4. The third kappa shape index (κ3) is 4.82. The van der Waals surface area contributed by atoms with E-state index in [-0.39, 0.29) is 23.5 Å². The van der Waals surface area contributed by atoms with E-state index in [2.05, 4.69) is 5.32 Å². The normalized spacial score (nSPS) is 20.0. The highest BCUT2D eigenvalue weighted by molar-refractivity contribution is 5.96. The fourth-order valence-electron chi connectivity index (χ4n) is 5.87. The molecule has 5 rings (SSSR count). The first-order valence-corrected chi connectivity index (χ1v) is 13.5. The molecule has 0 fully saturated rings. The van der Waals surface area contributed by atoms with E-state index in [0.717, 1.165) is 5.56 Å². The number of aliphatic hydroxyl groups is 1. The van der Waals surface area contributed by atoms with Crippen molar-refractivity contribution < 1.29 is 34.4 Å². The molecule has 0 radical (unpaired) electrons. The standard InChI is InChI=1S/C32H32N2O7/c1-4-17-32(27-22-10-6-8-12-24(22)30(39)41-27)33-26(31(2,3)40)25(29(37)38)34(32)18-19-13-15-20(16-14-19)21-9-5-7-11-23(21)28(35)36/h5-16,27,33,40H,4,17-18H2,1-3H3,(H,35,36)(H,37,38). The van der Waals surface area contributed by atoms with Crippen LogP contribution in [0.1, 0.15) is 71.6 Å². The molecule has 9 nitrogen and oxygen atoms in total. The summed E-state index contributed by atoms with van der Waals surface area (Å²) in [7, 11) is 0. The first kappa shape index (κ1) is 27.9. The van der Waals surface area contributed by atoms with Gasteiger partial charge in [-0.1, -0.05) is 74.0 Å². The fraction of sp³-hybridized carbons (Fsp3) is 0.281. The molecule has 2 heterocycles. The summed E-state index contributed by atoms with van der Waals surface area (Å²) in [6.07, 6.45) is 0.179. The van der Waals surface area contributed by atoms with E-state index in [0.29, 0.717) is 35.1 Å². The largest absolute Gasteiger partial charge is 0.478 e. The van der Waals surface area contributed by atoms with E-state index < -0.39 is 35.3 Å². The van der Waals surface area contributed by atoms with Gasteiger partial charge >= 0.3 is 17.9 Å². The smallest absolute Gasteiger partial charge is 0.354 e. The number of esters is 1. The summed E-state index contributed by atoms with van der Waals surface area (Å²) >= 11 is 0. The lowest BCUT2D eigenvalue weighted by Crippen LogP contribution is -2.58. The van der Waals surface area contributed by atoms with Gasteiger partial charge in [-0.25, -0.2) is 14.4 Å². The Morgan fingerprint density at radius 3 is 2.20 bits per heavy atom. The second-order valence-electron chi connectivity index (χ2n) is 10.9. The molecule has 4 N–H and O–H groups in total. The van der Waals surface area contributed by atoms with Gasteiger partial charge in [0.25, 0.3) is 0 Å². The molecule has 2 unspecified atom stereocenters. The summed E-state index contributed by atoms with van der Waals surface area (Å²) in [5.41, 5.74) is 0.558. The number of carboxylic acids is 2. The van der Waals surface area contributed by atoms with Crippen LogP contribution < -0.4 is 5.32 Å². The quantitative estimate of drug-likeness (QED) is 0.270. The Labute approximate surface area is 237 Å². The summed E-state index contributed by atoms with van der Waals surface area (Å²) in [5, 5.41) is 34.5. The Morgan fingerprint density at radius 1 is 0.951 bits per heavy atom. The van der Waals surface area contributed by atoms with Gasteiger partial charge in [0, 0.05) is 12.1 Å². The fourth-order valence-corrected chi connectivity index (χ4v) is 5.87. The van der Waals surface area contributed by atoms with Crippen molar-refractivity contribution >= 4 is 17.9 Å². The number of aromatic carboxylic acids is 1. The van der Waals surface area contributed by atoms with Crippen LogP contribution in [0.4, 0.5) is 0 Å². The van der Waals surface area contributed by atoms with Crippen molar-refractivity contribution in [3.8, 4) is 11.1 Å². The summed E-state index contributed by atoms with van der Waals surface area (Å²) in [6.45, 7) is 5.11. The molecule has 0 saturated carbocycles. The van der Waals surface area contributed by atoms with Crippen LogP contribution in [0.2, 0.25) is 0 Å². The minimum atomic E-state index is -1.53. The van der Waals surface area contributed by atoms with E-state index in [4.69, 9.17) is 4.74 Å². The molecule has 3 aromatic carbocycles. The van der Waals surface area contributed by atoms with Crippen molar-refractivity contribution in [1.29, 1.82) is 0 Å². The minimum absolute atomic E-state index is 0.105. The summed E-state index contributed by atoms with van der Waals surface area (Å²) in [6, 6.07) is 21.0. The Hall–Kier alpha value is -4.63. The number of fused-ring (bicyclic) bond motifs is 1. The van der Waals surface area contributed by atoms with Crippen LogP contribution in [0.5, 0.6) is 0 Å². The number of hydrogen-bond donors (Lipinski definition) is 4. The van der Waals surface area contributed by atoms with Crippen LogP contribution >= 0.6 is 0 Å². The molecule has 2 aliphatic heterocycles. The van der Waals surface area contributed by atoms with Gasteiger partial charge in [-0.2, -0.15) is 0 Å². The van der Waals surface area contributed by atoms with Crippen molar-refractivity contribution in [3.63, 3.8) is 0 Å². The van der Waals surface area contributed by atoms with Crippen LogP contribution in [-0.2, 0) is 16.1 Å². The van der Waals surface area contributed by atoms with Gasteiger partial charge < -0.3 is 30.3 Å². The molecule has 41 heavy (non-hydrogen) atoms. The van der Waals surface area contributed by atoms with E-state index in [9.17, 15) is 29.7 Å². The third-order valence-electron chi connectivity index (χ3n) is 7.66. The topological polar surface area (TPSA) is 136 Å². The highest BCUT2D eigenvalue weighted by atomic mass is 16.6. The number of carboxylic acid groups (broad SMARTS) is 2. The predicted molar refractivity (Wildman–Crippen MR) is 151 cm³/mol. The molecule has 0 spiro atoms. The monoisotopic (exact) mass is 556 g/mol. The first-order valence-electron chi connectivity index (χ1n) is 13.5. The average molecular weight is 557 g/mol. The average Bonchev–Trinajstić information content (AvgIpc) is 3.45. The maximum atomic E-state index is 12.9. The molecule has 9 heteroatoms. The number of benzene rings is 3. The van der Waals surface area contributed by atoms with Crippen LogP contribution in [0.15, 0.2) is 84.2 Å². The molecule has 2 aliphatic rings. The zero-order chi connectivity index (χ0) is 29.5. The van der Waals surface area contributed by atoms with Crippen LogP contribution in [0.25, 0.3) is 11.1 Å². The maximum Gasteiger partial charge on any atom is 0.354 e. The van der Waals surface area contributed by atoms with Gasteiger partial charge in [0.1, 0.15) is 11.3 Å². The summed E-state index contributed by atoms with van der Waals surface area (Å²) < 4.78 is 5.94. The van der Waals surface area contributed by atoms with Gasteiger partial charge in [0.2, 0.25) is 0 Å². The van der Waals surface area contributed by atoms with Crippen LogP contribution in [0, 0.1) is 0 Å².